The van der Waals surface area contributed by atoms with Crippen molar-refractivity contribution in [2.24, 2.45) is 5.92 Å². The molecule has 0 saturated carbocycles. The number of esters is 1. The van der Waals surface area contributed by atoms with Crippen LogP contribution in [0.5, 0.6) is 0 Å². The number of hydrogen-bond acceptors (Lipinski definition) is 4. The molecule has 0 N–H and O–H groups in total. The van der Waals surface area contributed by atoms with Gasteiger partial charge in [0.05, 0.1) is 31.8 Å². The van der Waals surface area contributed by atoms with Gasteiger partial charge in [-0.3, -0.25) is 4.79 Å². The first-order chi connectivity index (χ1) is 11.3. The highest BCUT2D eigenvalue weighted by molar-refractivity contribution is 5.89. The molecule has 1 amide bonds. The highest BCUT2D eigenvalue weighted by atomic mass is 16.5. The van der Waals surface area contributed by atoms with E-state index in [-0.39, 0.29) is 18.0 Å². The summed E-state index contributed by atoms with van der Waals surface area (Å²) < 4.78 is 10.3. The Labute approximate surface area is 144 Å². The van der Waals surface area contributed by atoms with E-state index in [1.165, 1.54) is 7.11 Å². The summed E-state index contributed by atoms with van der Waals surface area (Å²) >= 11 is 0. The Morgan fingerprint density at radius 2 is 1.75 bits per heavy atom. The molecule has 0 saturated heterocycles. The van der Waals surface area contributed by atoms with Gasteiger partial charge in [0.15, 0.2) is 0 Å². The van der Waals surface area contributed by atoms with E-state index in [9.17, 15) is 9.59 Å². The van der Waals surface area contributed by atoms with Gasteiger partial charge in [0, 0.05) is 13.6 Å². The number of benzene rings is 1. The molecular weight excluding hydrogens is 306 g/mol. The molecule has 0 aliphatic heterocycles. The number of methoxy groups -OCH3 is 1. The highest BCUT2D eigenvalue weighted by Gasteiger charge is 2.12. The van der Waals surface area contributed by atoms with Crippen molar-refractivity contribution in [2.45, 2.75) is 46.3 Å². The smallest absolute Gasteiger partial charge is 0.337 e. The molecule has 1 aromatic carbocycles. The summed E-state index contributed by atoms with van der Waals surface area (Å²) in [7, 11) is 3.13. The second kappa shape index (κ2) is 10.1. The third kappa shape index (κ3) is 7.13. The second-order valence-electron chi connectivity index (χ2n) is 6.50. The third-order valence-corrected chi connectivity index (χ3v) is 3.74. The molecule has 0 aromatic heterocycles. The maximum atomic E-state index is 12.1. The van der Waals surface area contributed by atoms with E-state index in [1.807, 2.05) is 19.1 Å². The van der Waals surface area contributed by atoms with Gasteiger partial charge in [-0.05, 0) is 37.0 Å². The topological polar surface area (TPSA) is 55.8 Å². The van der Waals surface area contributed by atoms with Crippen LogP contribution in [-0.2, 0) is 20.8 Å². The van der Waals surface area contributed by atoms with E-state index < -0.39 is 0 Å². The van der Waals surface area contributed by atoms with Gasteiger partial charge in [-0.1, -0.05) is 26.0 Å². The van der Waals surface area contributed by atoms with Gasteiger partial charge in [0.1, 0.15) is 0 Å². The molecule has 0 heterocycles. The summed E-state index contributed by atoms with van der Waals surface area (Å²) in [6, 6.07) is 7.07. The molecular formula is C19H29NO4. The van der Waals surface area contributed by atoms with Crippen LogP contribution in [0, 0.1) is 5.92 Å². The van der Waals surface area contributed by atoms with Crippen LogP contribution < -0.4 is 0 Å². The molecule has 0 bridgehead atoms. The first-order valence-corrected chi connectivity index (χ1v) is 8.36. The fourth-order valence-electron chi connectivity index (χ4n) is 2.50. The van der Waals surface area contributed by atoms with Crippen molar-refractivity contribution < 1.29 is 19.1 Å². The number of amides is 1. The van der Waals surface area contributed by atoms with Crippen LogP contribution in [-0.4, -0.2) is 43.6 Å². The Morgan fingerprint density at radius 1 is 1.12 bits per heavy atom. The lowest BCUT2D eigenvalue weighted by Crippen LogP contribution is -2.27. The van der Waals surface area contributed by atoms with Crippen molar-refractivity contribution in [3.63, 3.8) is 0 Å². The van der Waals surface area contributed by atoms with Crippen molar-refractivity contribution in [1.82, 2.24) is 4.90 Å². The van der Waals surface area contributed by atoms with E-state index in [4.69, 9.17) is 4.74 Å². The van der Waals surface area contributed by atoms with Gasteiger partial charge in [-0.15, -0.1) is 0 Å². The molecule has 1 atom stereocenters. The molecule has 5 heteroatoms. The van der Waals surface area contributed by atoms with Gasteiger partial charge in [-0.25, -0.2) is 4.79 Å². The van der Waals surface area contributed by atoms with Gasteiger partial charge in [0.25, 0.3) is 0 Å². The lowest BCUT2D eigenvalue weighted by atomic mass is 10.1. The largest absolute Gasteiger partial charge is 0.465 e. The molecule has 0 aliphatic carbocycles. The average molecular weight is 335 g/mol. The van der Waals surface area contributed by atoms with Gasteiger partial charge >= 0.3 is 5.97 Å². The molecule has 24 heavy (non-hydrogen) atoms. The van der Waals surface area contributed by atoms with Crippen molar-refractivity contribution in [3.8, 4) is 0 Å². The Balaban J connectivity index is 2.39. The first kappa shape index (κ1) is 20.2. The van der Waals surface area contributed by atoms with Crippen molar-refractivity contribution >= 4 is 11.9 Å². The SMILES string of the molecule is COC(=O)c1ccc(CN(C)C(=O)CCOC(C)CC(C)C)cc1. The van der Waals surface area contributed by atoms with E-state index in [0.29, 0.717) is 31.1 Å². The maximum Gasteiger partial charge on any atom is 0.337 e. The van der Waals surface area contributed by atoms with E-state index in [2.05, 4.69) is 18.6 Å². The number of carbonyl (C=O) groups excluding carboxylic acids is 2. The number of ether oxygens (including phenoxy) is 2. The molecule has 0 fully saturated rings. The molecule has 0 radical (unpaired) electrons. The van der Waals surface area contributed by atoms with Crippen LogP contribution >= 0.6 is 0 Å². The molecule has 0 aliphatic rings. The van der Waals surface area contributed by atoms with Crippen molar-refractivity contribution in [1.29, 1.82) is 0 Å². The number of carbonyl (C=O) groups is 2. The Kier molecular flexibility index (Phi) is 8.47. The summed E-state index contributed by atoms with van der Waals surface area (Å²) in [6.45, 7) is 7.30. The van der Waals surface area contributed by atoms with Crippen LogP contribution in [0.25, 0.3) is 0 Å². The lowest BCUT2D eigenvalue weighted by Gasteiger charge is -2.19. The zero-order chi connectivity index (χ0) is 18.1. The Hall–Kier alpha value is -1.88. The quantitative estimate of drug-likeness (QED) is 0.650. The van der Waals surface area contributed by atoms with Crippen LogP contribution in [0.4, 0.5) is 0 Å². The Bertz CT molecular complexity index is 525. The molecule has 134 valence electrons. The zero-order valence-corrected chi connectivity index (χ0v) is 15.4. The van der Waals surface area contributed by atoms with E-state index >= 15 is 0 Å². The average Bonchev–Trinajstić information content (AvgIpc) is 2.53. The minimum atomic E-state index is -0.362. The van der Waals surface area contributed by atoms with Crippen LogP contribution in [0.2, 0.25) is 0 Å². The van der Waals surface area contributed by atoms with E-state index in [1.54, 1.807) is 24.1 Å². The fourth-order valence-corrected chi connectivity index (χ4v) is 2.50. The minimum absolute atomic E-state index is 0.0452. The van der Waals surface area contributed by atoms with Gasteiger partial charge < -0.3 is 14.4 Å². The highest BCUT2D eigenvalue weighted by Crippen LogP contribution is 2.10. The molecule has 1 unspecified atom stereocenters. The molecule has 0 spiro atoms. The lowest BCUT2D eigenvalue weighted by molar-refractivity contribution is -0.132. The van der Waals surface area contributed by atoms with Gasteiger partial charge in [0.2, 0.25) is 5.91 Å². The van der Waals surface area contributed by atoms with Crippen LogP contribution in [0.3, 0.4) is 0 Å². The van der Waals surface area contributed by atoms with Gasteiger partial charge in [-0.2, -0.15) is 0 Å². The predicted molar refractivity (Wildman–Crippen MR) is 93.7 cm³/mol. The first-order valence-electron chi connectivity index (χ1n) is 8.36. The summed E-state index contributed by atoms with van der Waals surface area (Å²) in [4.78, 5) is 25.2. The minimum Gasteiger partial charge on any atom is -0.465 e. The van der Waals surface area contributed by atoms with Crippen LogP contribution in [0.1, 0.15) is 49.5 Å². The zero-order valence-electron chi connectivity index (χ0n) is 15.4. The fraction of sp³-hybridized carbons (Fsp3) is 0.579. The summed E-state index contributed by atoms with van der Waals surface area (Å²) in [5.74, 6) is 0.272. The van der Waals surface area contributed by atoms with E-state index in [0.717, 1.165) is 12.0 Å². The number of rotatable bonds is 9. The monoisotopic (exact) mass is 335 g/mol. The second-order valence-corrected chi connectivity index (χ2v) is 6.50. The maximum absolute atomic E-state index is 12.1. The Morgan fingerprint density at radius 3 is 2.29 bits per heavy atom. The summed E-state index contributed by atoms with van der Waals surface area (Å²) in [6.07, 6.45) is 1.55. The molecule has 1 rings (SSSR count). The molecule has 1 aromatic rings. The normalized spacial score (nSPS) is 12.1. The molecule has 5 nitrogen and oxygen atoms in total. The third-order valence-electron chi connectivity index (χ3n) is 3.74. The number of hydrogen-bond donors (Lipinski definition) is 0. The standard InChI is InChI=1S/C19H29NO4/c1-14(2)12-15(3)24-11-10-18(21)20(4)13-16-6-8-17(9-7-16)19(22)23-5/h6-9,14-15H,10-13H2,1-5H3. The van der Waals surface area contributed by atoms with Crippen LogP contribution in [0.15, 0.2) is 24.3 Å². The summed E-state index contributed by atoms with van der Waals surface area (Å²) in [5, 5.41) is 0. The van der Waals surface area contributed by atoms with Crippen molar-refractivity contribution in [2.75, 3.05) is 20.8 Å². The predicted octanol–water partition coefficient (Wildman–Crippen LogP) is 3.27. The number of nitrogens with zero attached hydrogens (tertiary/aromatic N) is 1. The summed E-state index contributed by atoms with van der Waals surface area (Å²) in [5.41, 5.74) is 1.47. The van der Waals surface area contributed by atoms with Crippen molar-refractivity contribution in [3.05, 3.63) is 35.4 Å².